The first-order valence-corrected chi connectivity index (χ1v) is 6.13. The molecule has 0 amide bonds. The molecule has 2 unspecified atom stereocenters. The highest BCUT2D eigenvalue weighted by Gasteiger charge is 2.21. The van der Waals surface area contributed by atoms with E-state index in [0.717, 1.165) is 26.3 Å². The molecule has 90 valence electrons. The van der Waals surface area contributed by atoms with Gasteiger partial charge in [0.2, 0.25) is 0 Å². The van der Waals surface area contributed by atoms with E-state index in [-0.39, 0.29) is 0 Å². The summed E-state index contributed by atoms with van der Waals surface area (Å²) in [5.74, 6) is 1.33. The average molecular weight is 214 g/mol. The van der Waals surface area contributed by atoms with Gasteiger partial charge in [0.15, 0.2) is 0 Å². The molecular formula is C12H26N2O. The van der Waals surface area contributed by atoms with E-state index in [1.165, 1.54) is 12.8 Å². The van der Waals surface area contributed by atoms with Crippen LogP contribution in [0.3, 0.4) is 0 Å². The molecule has 1 aliphatic heterocycles. The summed E-state index contributed by atoms with van der Waals surface area (Å²) in [4.78, 5) is 2.41. The molecule has 0 aromatic heterocycles. The Morgan fingerprint density at radius 2 is 2.20 bits per heavy atom. The summed E-state index contributed by atoms with van der Waals surface area (Å²) in [6, 6.07) is 0.506. The number of hydrogen-bond acceptors (Lipinski definition) is 3. The lowest BCUT2D eigenvalue weighted by Gasteiger charge is -2.34. The highest BCUT2D eigenvalue weighted by atomic mass is 16.5. The van der Waals surface area contributed by atoms with Crippen LogP contribution < -0.4 is 5.73 Å². The summed E-state index contributed by atoms with van der Waals surface area (Å²) >= 11 is 0. The molecule has 1 saturated heterocycles. The van der Waals surface area contributed by atoms with Gasteiger partial charge in [-0.25, -0.2) is 0 Å². The van der Waals surface area contributed by atoms with Crippen LogP contribution in [0, 0.1) is 11.8 Å². The lowest BCUT2D eigenvalue weighted by molar-refractivity contribution is 0.0332. The van der Waals surface area contributed by atoms with E-state index >= 15 is 0 Å². The molecule has 2 N–H and O–H groups in total. The predicted molar refractivity (Wildman–Crippen MR) is 63.9 cm³/mol. The van der Waals surface area contributed by atoms with E-state index in [2.05, 4.69) is 25.8 Å². The van der Waals surface area contributed by atoms with Crippen molar-refractivity contribution in [1.82, 2.24) is 4.90 Å². The molecule has 3 nitrogen and oxygen atoms in total. The van der Waals surface area contributed by atoms with Gasteiger partial charge in [-0.1, -0.05) is 13.8 Å². The highest BCUT2D eigenvalue weighted by molar-refractivity contribution is 4.76. The molecule has 0 bridgehead atoms. The van der Waals surface area contributed by atoms with Crippen molar-refractivity contribution in [2.75, 3.05) is 33.4 Å². The first kappa shape index (κ1) is 12.9. The first-order chi connectivity index (χ1) is 7.15. The largest absolute Gasteiger partial charge is 0.381 e. The average Bonchev–Trinajstić information content (AvgIpc) is 2.19. The minimum atomic E-state index is 0.506. The van der Waals surface area contributed by atoms with E-state index < -0.39 is 0 Å². The van der Waals surface area contributed by atoms with Crippen LogP contribution in [0.1, 0.15) is 26.7 Å². The Kier molecular flexibility index (Phi) is 5.58. The normalized spacial score (nSPS) is 24.8. The van der Waals surface area contributed by atoms with Crippen molar-refractivity contribution in [1.29, 1.82) is 0 Å². The van der Waals surface area contributed by atoms with Gasteiger partial charge in [0.05, 0.1) is 6.61 Å². The molecule has 0 radical (unpaired) electrons. The molecule has 15 heavy (non-hydrogen) atoms. The molecule has 1 aliphatic rings. The Morgan fingerprint density at radius 1 is 1.47 bits per heavy atom. The Hall–Kier alpha value is -0.120. The summed E-state index contributed by atoms with van der Waals surface area (Å²) < 4.78 is 5.50. The molecule has 0 aromatic carbocycles. The van der Waals surface area contributed by atoms with Crippen LogP contribution in [0.4, 0.5) is 0 Å². The zero-order valence-corrected chi connectivity index (χ0v) is 10.4. The first-order valence-electron chi connectivity index (χ1n) is 6.13. The summed E-state index contributed by atoms with van der Waals surface area (Å²) in [6.45, 7) is 8.24. The third-order valence-electron chi connectivity index (χ3n) is 3.38. The van der Waals surface area contributed by atoms with Crippen molar-refractivity contribution in [3.05, 3.63) is 0 Å². The van der Waals surface area contributed by atoms with E-state index in [9.17, 15) is 0 Å². The number of hydrogen-bond donors (Lipinski definition) is 1. The lowest BCUT2D eigenvalue weighted by atomic mass is 9.98. The van der Waals surface area contributed by atoms with Crippen LogP contribution in [0.15, 0.2) is 0 Å². The van der Waals surface area contributed by atoms with Gasteiger partial charge in [-0.2, -0.15) is 0 Å². The van der Waals surface area contributed by atoms with Gasteiger partial charge >= 0.3 is 0 Å². The number of likely N-dealkylation sites (N-methyl/N-ethyl adjacent to an activating group) is 1. The Labute approximate surface area is 94.0 Å². The standard InChI is InChI=1S/C12H26N2O/c1-10(2)12(7-13)14(3)8-11-5-4-6-15-9-11/h10-12H,4-9,13H2,1-3H3. The monoisotopic (exact) mass is 214 g/mol. The van der Waals surface area contributed by atoms with Gasteiger partial charge in [-0.05, 0) is 31.7 Å². The topological polar surface area (TPSA) is 38.5 Å². The number of ether oxygens (including phenoxy) is 1. The fraction of sp³-hybridized carbons (Fsp3) is 1.00. The lowest BCUT2D eigenvalue weighted by Crippen LogP contribution is -2.44. The summed E-state index contributed by atoms with van der Waals surface area (Å²) in [6.07, 6.45) is 2.52. The minimum absolute atomic E-state index is 0.506. The van der Waals surface area contributed by atoms with Crippen molar-refractivity contribution in [2.24, 2.45) is 17.6 Å². The maximum Gasteiger partial charge on any atom is 0.0506 e. The second-order valence-electron chi connectivity index (χ2n) is 5.07. The van der Waals surface area contributed by atoms with Crippen LogP contribution >= 0.6 is 0 Å². The van der Waals surface area contributed by atoms with E-state index in [1.54, 1.807) is 0 Å². The van der Waals surface area contributed by atoms with Crippen molar-refractivity contribution in [3.8, 4) is 0 Å². The second kappa shape index (κ2) is 6.46. The Morgan fingerprint density at radius 3 is 2.67 bits per heavy atom. The number of nitrogens with two attached hydrogens (primary N) is 1. The summed E-state index contributed by atoms with van der Waals surface area (Å²) in [5.41, 5.74) is 5.81. The van der Waals surface area contributed by atoms with Crippen LogP contribution in [0.5, 0.6) is 0 Å². The third-order valence-corrected chi connectivity index (χ3v) is 3.38. The summed E-state index contributed by atoms with van der Waals surface area (Å²) in [7, 11) is 2.19. The van der Waals surface area contributed by atoms with Crippen LogP contribution in [0.25, 0.3) is 0 Å². The van der Waals surface area contributed by atoms with Gasteiger partial charge in [0.25, 0.3) is 0 Å². The minimum Gasteiger partial charge on any atom is -0.381 e. The number of nitrogens with zero attached hydrogens (tertiary/aromatic N) is 1. The molecular weight excluding hydrogens is 188 g/mol. The predicted octanol–water partition coefficient (Wildman–Crippen LogP) is 1.33. The fourth-order valence-corrected chi connectivity index (χ4v) is 2.46. The highest BCUT2D eigenvalue weighted by Crippen LogP contribution is 2.17. The van der Waals surface area contributed by atoms with Crippen molar-refractivity contribution < 1.29 is 4.74 Å². The maximum absolute atomic E-state index is 5.81. The van der Waals surface area contributed by atoms with Crippen molar-refractivity contribution in [3.63, 3.8) is 0 Å². The summed E-state index contributed by atoms with van der Waals surface area (Å²) in [5, 5.41) is 0. The zero-order chi connectivity index (χ0) is 11.3. The quantitative estimate of drug-likeness (QED) is 0.750. The van der Waals surface area contributed by atoms with E-state index in [0.29, 0.717) is 17.9 Å². The molecule has 0 spiro atoms. The molecule has 2 atom stereocenters. The Bertz CT molecular complexity index is 167. The van der Waals surface area contributed by atoms with Crippen LogP contribution in [0.2, 0.25) is 0 Å². The Balaban J connectivity index is 2.34. The van der Waals surface area contributed by atoms with E-state index in [1.807, 2.05) is 0 Å². The number of rotatable bonds is 5. The fourth-order valence-electron chi connectivity index (χ4n) is 2.46. The van der Waals surface area contributed by atoms with Gasteiger partial charge in [-0.15, -0.1) is 0 Å². The van der Waals surface area contributed by atoms with E-state index in [4.69, 9.17) is 10.5 Å². The van der Waals surface area contributed by atoms with Gasteiger partial charge in [-0.3, -0.25) is 0 Å². The molecule has 3 heteroatoms. The van der Waals surface area contributed by atoms with Gasteiger partial charge < -0.3 is 15.4 Å². The third kappa shape index (κ3) is 4.09. The van der Waals surface area contributed by atoms with Gasteiger partial charge in [0.1, 0.15) is 0 Å². The molecule has 0 saturated carbocycles. The van der Waals surface area contributed by atoms with Crippen LogP contribution in [-0.4, -0.2) is 44.3 Å². The molecule has 0 aromatic rings. The van der Waals surface area contributed by atoms with Crippen molar-refractivity contribution in [2.45, 2.75) is 32.7 Å². The molecule has 1 rings (SSSR count). The van der Waals surface area contributed by atoms with Crippen LogP contribution in [-0.2, 0) is 4.74 Å². The maximum atomic E-state index is 5.81. The van der Waals surface area contributed by atoms with Gasteiger partial charge in [0, 0.05) is 25.7 Å². The second-order valence-corrected chi connectivity index (χ2v) is 5.07. The molecule has 0 aliphatic carbocycles. The van der Waals surface area contributed by atoms with Crippen molar-refractivity contribution >= 4 is 0 Å². The smallest absolute Gasteiger partial charge is 0.0506 e. The zero-order valence-electron chi connectivity index (χ0n) is 10.4. The molecule has 1 fully saturated rings. The molecule has 1 heterocycles. The SMILES string of the molecule is CC(C)C(CN)N(C)CC1CCCOC1.